The van der Waals surface area contributed by atoms with Gasteiger partial charge in [0.15, 0.2) is 0 Å². The van der Waals surface area contributed by atoms with E-state index in [-0.39, 0.29) is 0 Å². The minimum atomic E-state index is -0.887. The molecule has 0 bridgehead atoms. The van der Waals surface area contributed by atoms with E-state index in [1.807, 2.05) is 0 Å². The summed E-state index contributed by atoms with van der Waals surface area (Å²) >= 11 is 0. The summed E-state index contributed by atoms with van der Waals surface area (Å²) in [5, 5.41) is 8.74. The summed E-state index contributed by atoms with van der Waals surface area (Å²) in [6.45, 7) is 2.23. The van der Waals surface area contributed by atoms with E-state index in [4.69, 9.17) is 5.11 Å². The number of hydrogen-bond donors (Lipinski definition) is 1. The van der Waals surface area contributed by atoms with Crippen LogP contribution in [0, 0.1) is 17.6 Å². The fourth-order valence-electron chi connectivity index (χ4n) is 1.62. The first kappa shape index (κ1) is 13.6. The lowest BCUT2D eigenvalue weighted by atomic mass is 10.1. The Balaban J connectivity index is 2.61. The van der Waals surface area contributed by atoms with Crippen molar-refractivity contribution in [3.05, 3.63) is 35.4 Å². The van der Waals surface area contributed by atoms with E-state index in [9.17, 15) is 13.6 Å². The van der Waals surface area contributed by atoms with Crippen LogP contribution in [0.15, 0.2) is 18.2 Å². The van der Waals surface area contributed by atoms with Gasteiger partial charge in [-0.3, -0.25) is 4.79 Å². The first-order valence-corrected chi connectivity index (χ1v) is 5.25. The highest BCUT2D eigenvalue weighted by atomic mass is 19.1. The molecule has 0 aliphatic rings. The Morgan fingerprint density at radius 1 is 1.35 bits per heavy atom. The molecule has 1 atom stereocenters. The molecule has 94 valence electrons. The van der Waals surface area contributed by atoms with Gasteiger partial charge in [0.05, 0.1) is 5.92 Å². The largest absolute Gasteiger partial charge is 0.481 e. The summed E-state index contributed by atoms with van der Waals surface area (Å²) < 4.78 is 25.8. The van der Waals surface area contributed by atoms with E-state index in [2.05, 4.69) is 0 Å². The summed E-state index contributed by atoms with van der Waals surface area (Å²) in [5.41, 5.74) is 0.489. The third-order valence-corrected chi connectivity index (χ3v) is 2.38. The summed E-state index contributed by atoms with van der Waals surface area (Å²) in [6.07, 6.45) is 0. The van der Waals surface area contributed by atoms with Crippen molar-refractivity contribution in [1.29, 1.82) is 0 Å². The van der Waals surface area contributed by atoms with E-state index in [0.29, 0.717) is 18.7 Å². The van der Waals surface area contributed by atoms with Crippen LogP contribution in [0.2, 0.25) is 0 Å². The molecule has 1 unspecified atom stereocenters. The van der Waals surface area contributed by atoms with Gasteiger partial charge in [0.1, 0.15) is 11.6 Å². The van der Waals surface area contributed by atoms with Crippen molar-refractivity contribution in [2.75, 3.05) is 13.6 Å². The van der Waals surface area contributed by atoms with E-state index in [1.54, 1.807) is 18.9 Å². The predicted molar refractivity (Wildman–Crippen MR) is 59.5 cm³/mol. The molecule has 0 fully saturated rings. The molecule has 0 aliphatic carbocycles. The van der Waals surface area contributed by atoms with E-state index in [0.717, 1.165) is 6.07 Å². The highest BCUT2D eigenvalue weighted by molar-refractivity contribution is 5.69. The second-order valence-electron chi connectivity index (χ2n) is 4.21. The zero-order valence-electron chi connectivity index (χ0n) is 9.78. The number of carboxylic acid groups (broad SMARTS) is 1. The number of rotatable bonds is 5. The number of halogens is 2. The average Bonchev–Trinajstić information content (AvgIpc) is 2.14. The summed E-state index contributed by atoms with van der Waals surface area (Å²) in [7, 11) is 1.71. The third kappa shape index (κ3) is 4.48. The molecular formula is C12H15F2NO2. The maximum Gasteiger partial charge on any atom is 0.307 e. The van der Waals surface area contributed by atoms with Crippen LogP contribution in [0.3, 0.4) is 0 Å². The standard InChI is InChI=1S/C12H15F2NO2/c1-8(12(16)17)6-15(2)7-9-3-10(13)5-11(14)4-9/h3-5,8H,6-7H2,1-2H3,(H,16,17). The number of nitrogens with zero attached hydrogens (tertiary/aromatic N) is 1. The molecule has 1 aromatic rings. The molecule has 1 rings (SSSR count). The Kier molecular flexibility index (Phi) is 4.57. The van der Waals surface area contributed by atoms with Gasteiger partial charge >= 0.3 is 5.97 Å². The van der Waals surface area contributed by atoms with Crippen molar-refractivity contribution in [2.24, 2.45) is 5.92 Å². The molecule has 0 aliphatic heterocycles. The van der Waals surface area contributed by atoms with Crippen LogP contribution in [0.1, 0.15) is 12.5 Å². The second-order valence-corrected chi connectivity index (χ2v) is 4.21. The normalized spacial score (nSPS) is 12.8. The molecule has 17 heavy (non-hydrogen) atoms. The second kappa shape index (κ2) is 5.72. The van der Waals surface area contributed by atoms with Gasteiger partial charge in [0, 0.05) is 19.2 Å². The molecular weight excluding hydrogens is 228 g/mol. The van der Waals surface area contributed by atoms with Crippen molar-refractivity contribution >= 4 is 5.97 Å². The zero-order chi connectivity index (χ0) is 13.0. The van der Waals surface area contributed by atoms with Crippen LogP contribution < -0.4 is 0 Å². The predicted octanol–water partition coefficient (Wildman–Crippen LogP) is 2.12. The smallest absolute Gasteiger partial charge is 0.307 e. The Hall–Kier alpha value is -1.49. The maximum atomic E-state index is 12.9. The van der Waals surface area contributed by atoms with Crippen LogP contribution >= 0.6 is 0 Å². The van der Waals surface area contributed by atoms with Crippen LogP contribution in [0.4, 0.5) is 8.78 Å². The van der Waals surface area contributed by atoms with Crippen molar-refractivity contribution in [3.63, 3.8) is 0 Å². The van der Waals surface area contributed by atoms with Crippen LogP contribution in [-0.2, 0) is 11.3 Å². The number of carboxylic acids is 1. The van der Waals surface area contributed by atoms with E-state index >= 15 is 0 Å². The first-order valence-electron chi connectivity index (χ1n) is 5.25. The lowest BCUT2D eigenvalue weighted by Gasteiger charge is -2.19. The maximum absolute atomic E-state index is 12.9. The first-order chi connectivity index (χ1) is 7.88. The van der Waals surface area contributed by atoms with Crippen molar-refractivity contribution in [2.45, 2.75) is 13.5 Å². The minimum absolute atomic E-state index is 0.312. The van der Waals surface area contributed by atoms with Crippen molar-refractivity contribution in [3.8, 4) is 0 Å². The number of hydrogen-bond acceptors (Lipinski definition) is 2. The average molecular weight is 243 g/mol. The molecule has 0 amide bonds. The highest BCUT2D eigenvalue weighted by Gasteiger charge is 2.14. The molecule has 0 radical (unpaired) electrons. The van der Waals surface area contributed by atoms with Gasteiger partial charge in [-0.05, 0) is 24.7 Å². The molecule has 0 saturated heterocycles. The molecule has 0 saturated carbocycles. The molecule has 1 N–H and O–H groups in total. The van der Waals surface area contributed by atoms with Gasteiger partial charge in [-0.25, -0.2) is 8.78 Å². The molecule has 1 aromatic carbocycles. The van der Waals surface area contributed by atoms with Gasteiger partial charge in [0.25, 0.3) is 0 Å². The Morgan fingerprint density at radius 2 is 1.88 bits per heavy atom. The van der Waals surface area contributed by atoms with Gasteiger partial charge in [-0.15, -0.1) is 0 Å². The molecule has 0 spiro atoms. The Bertz CT molecular complexity index is 389. The lowest BCUT2D eigenvalue weighted by Crippen LogP contribution is -2.28. The van der Waals surface area contributed by atoms with Gasteiger partial charge in [-0.2, -0.15) is 0 Å². The lowest BCUT2D eigenvalue weighted by molar-refractivity contribution is -0.141. The monoisotopic (exact) mass is 243 g/mol. The number of carbonyl (C=O) groups is 1. The molecule has 0 heterocycles. The van der Waals surface area contributed by atoms with Crippen LogP contribution in [-0.4, -0.2) is 29.6 Å². The van der Waals surface area contributed by atoms with Crippen LogP contribution in [0.5, 0.6) is 0 Å². The third-order valence-electron chi connectivity index (χ3n) is 2.38. The number of aliphatic carboxylic acids is 1. The summed E-state index contributed by atoms with van der Waals surface area (Å²) in [5.74, 6) is -2.65. The molecule has 0 aromatic heterocycles. The number of benzene rings is 1. The minimum Gasteiger partial charge on any atom is -0.481 e. The van der Waals surface area contributed by atoms with Gasteiger partial charge < -0.3 is 10.0 Å². The van der Waals surface area contributed by atoms with Crippen molar-refractivity contribution < 1.29 is 18.7 Å². The SMILES string of the molecule is CC(CN(C)Cc1cc(F)cc(F)c1)C(=O)O. The Labute approximate surface area is 98.7 Å². The summed E-state index contributed by atoms with van der Waals surface area (Å²) in [6, 6.07) is 3.29. The topological polar surface area (TPSA) is 40.5 Å². The van der Waals surface area contributed by atoms with E-state index < -0.39 is 23.5 Å². The Morgan fingerprint density at radius 3 is 2.35 bits per heavy atom. The van der Waals surface area contributed by atoms with Gasteiger partial charge in [-0.1, -0.05) is 6.92 Å². The van der Waals surface area contributed by atoms with Crippen LogP contribution in [0.25, 0.3) is 0 Å². The quantitative estimate of drug-likeness (QED) is 0.861. The molecule has 5 heteroatoms. The van der Waals surface area contributed by atoms with E-state index in [1.165, 1.54) is 12.1 Å². The zero-order valence-corrected chi connectivity index (χ0v) is 9.78. The van der Waals surface area contributed by atoms with Crippen molar-refractivity contribution in [1.82, 2.24) is 4.90 Å². The highest BCUT2D eigenvalue weighted by Crippen LogP contribution is 2.10. The fraction of sp³-hybridized carbons (Fsp3) is 0.417. The fourth-order valence-corrected chi connectivity index (χ4v) is 1.62. The van der Waals surface area contributed by atoms with Gasteiger partial charge in [0.2, 0.25) is 0 Å². The molecule has 3 nitrogen and oxygen atoms in total. The summed E-state index contributed by atoms with van der Waals surface area (Å²) in [4.78, 5) is 12.4.